The summed E-state index contributed by atoms with van der Waals surface area (Å²) in [5.41, 5.74) is 0.874. The molecule has 0 saturated carbocycles. The van der Waals surface area contributed by atoms with E-state index in [1.54, 1.807) is 12.1 Å². The number of fused-ring (bicyclic) bond motifs is 3. The zero-order chi connectivity index (χ0) is 23.2. The van der Waals surface area contributed by atoms with Crippen LogP contribution in [0.1, 0.15) is 49.2 Å². The summed E-state index contributed by atoms with van der Waals surface area (Å²) >= 11 is 6.16. The number of benzene rings is 2. The van der Waals surface area contributed by atoms with Gasteiger partial charge in [0.25, 0.3) is 0 Å². The molecule has 2 aromatic carbocycles. The van der Waals surface area contributed by atoms with E-state index in [4.69, 9.17) is 11.6 Å². The average molecular weight is 461 g/mol. The van der Waals surface area contributed by atoms with Gasteiger partial charge in [-0.1, -0.05) is 23.7 Å². The molecule has 0 radical (unpaired) electrons. The van der Waals surface area contributed by atoms with Gasteiger partial charge in [0.15, 0.2) is 0 Å². The number of hydrogen-bond donors (Lipinski definition) is 1. The fourth-order valence-corrected chi connectivity index (χ4v) is 4.81. The van der Waals surface area contributed by atoms with E-state index in [0.29, 0.717) is 23.4 Å². The zero-order valence-electron chi connectivity index (χ0n) is 18.1. The van der Waals surface area contributed by atoms with Crippen molar-refractivity contribution in [3.05, 3.63) is 75.4 Å². The SMILES string of the molecule is CC1Cc2c([nH]c3cc(Cl)ccc23)C(c2c(F)cc(/C=C/C=O)cc2F)N1CC(C)(C)F. The van der Waals surface area contributed by atoms with Crippen molar-refractivity contribution in [1.82, 2.24) is 9.88 Å². The fraction of sp³-hybridized carbons (Fsp3) is 0.320. The van der Waals surface area contributed by atoms with E-state index in [1.807, 2.05) is 17.9 Å². The maximum atomic E-state index is 15.4. The third-order valence-corrected chi connectivity index (χ3v) is 6.11. The van der Waals surface area contributed by atoms with Crippen LogP contribution in [0.4, 0.5) is 13.2 Å². The molecule has 2 atom stereocenters. The van der Waals surface area contributed by atoms with Crippen LogP contribution >= 0.6 is 11.6 Å². The van der Waals surface area contributed by atoms with Gasteiger partial charge in [0.2, 0.25) is 0 Å². The highest BCUT2D eigenvalue weighted by Gasteiger charge is 2.40. The van der Waals surface area contributed by atoms with Crippen molar-refractivity contribution < 1.29 is 18.0 Å². The Hall–Kier alpha value is -2.57. The highest BCUT2D eigenvalue weighted by molar-refractivity contribution is 6.31. The minimum atomic E-state index is -1.57. The Balaban J connectivity index is 1.95. The fourth-order valence-electron chi connectivity index (χ4n) is 4.64. The van der Waals surface area contributed by atoms with Gasteiger partial charge in [-0.3, -0.25) is 9.69 Å². The number of aromatic nitrogens is 1. The summed E-state index contributed by atoms with van der Waals surface area (Å²) in [6, 6.07) is 6.83. The van der Waals surface area contributed by atoms with Crippen LogP contribution in [0, 0.1) is 11.6 Å². The lowest BCUT2D eigenvalue weighted by Gasteiger charge is -2.43. The van der Waals surface area contributed by atoms with Crippen LogP contribution in [0.25, 0.3) is 17.0 Å². The van der Waals surface area contributed by atoms with Gasteiger partial charge in [0, 0.05) is 39.8 Å². The van der Waals surface area contributed by atoms with Crippen LogP contribution in [0.5, 0.6) is 0 Å². The highest BCUT2D eigenvalue weighted by atomic mass is 35.5. The Morgan fingerprint density at radius 1 is 1.22 bits per heavy atom. The molecule has 0 spiro atoms. The second-order valence-corrected chi connectivity index (χ2v) is 9.38. The zero-order valence-corrected chi connectivity index (χ0v) is 18.8. The van der Waals surface area contributed by atoms with Gasteiger partial charge in [0.1, 0.15) is 23.6 Å². The van der Waals surface area contributed by atoms with E-state index in [0.717, 1.165) is 16.5 Å². The molecule has 0 saturated heterocycles. The molecular formula is C25H24ClF3N2O. The molecule has 4 rings (SSSR count). The number of carbonyl (C=O) groups excluding carboxylic acids is 1. The predicted molar refractivity (Wildman–Crippen MR) is 122 cm³/mol. The summed E-state index contributed by atoms with van der Waals surface area (Å²) in [6.07, 6.45) is 3.66. The monoisotopic (exact) mass is 460 g/mol. The molecule has 1 aromatic heterocycles. The van der Waals surface area contributed by atoms with Gasteiger partial charge < -0.3 is 4.98 Å². The van der Waals surface area contributed by atoms with Crippen molar-refractivity contribution >= 4 is 34.9 Å². The molecule has 0 bridgehead atoms. The number of nitrogens with one attached hydrogen (secondary N) is 1. The third kappa shape index (κ3) is 4.21. The molecule has 2 heterocycles. The number of alkyl halides is 1. The summed E-state index contributed by atoms with van der Waals surface area (Å²) in [4.78, 5) is 15.7. The van der Waals surface area contributed by atoms with Crippen LogP contribution in [0.2, 0.25) is 5.02 Å². The van der Waals surface area contributed by atoms with Gasteiger partial charge in [-0.2, -0.15) is 0 Å². The van der Waals surface area contributed by atoms with Gasteiger partial charge in [-0.25, -0.2) is 13.2 Å². The Morgan fingerprint density at radius 2 is 1.91 bits per heavy atom. The minimum Gasteiger partial charge on any atom is -0.357 e. The number of hydrogen-bond acceptors (Lipinski definition) is 2. The molecule has 2 unspecified atom stereocenters. The molecule has 32 heavy (non-hydrogen) atoms. The Morgan fingerprint density at radius 3 is 2.53 bits per heavy atom. The van der Waals surface area contributed by atoms with E-state index >= 15 is 8.78 Å². The quantitative estimate of drug-likeness (QED) is 0.353. The Kier molecular flexibility index (Phi) is 5.94. The van der Waals surface area contributed by atoms with Gasteiger partial charge in [-0.05, 0) is 68.7 Å². The van der Waals surface area contributed by atoms with Crippen LogP contribution in [-0.2, 0) is 11.2 Å². The van der Waals surface area contributed by atoms with Crippen molar-refractivity contribution in [1.29, 1.82) is 0 Å². The molecule has 0 aliphatic carbocycles. The van der Waals surface area contributed by atoms with Gasteiger partial charge in [-0.15, -0.1) is 0 Å². The maximum Gasteiger partial charge on any atom is 0.142 e. The molecule has 7 heteroatoms. The maximum absolute atomic E-state index is 15.4. The second kappa shape index (κ2) is 8.41. The van der Waals surface area contributed by atoms with E-state index in [2.05, 4.69) is 4.98 Å². The number of aldehydes is 1. The molecule has 0 amide bonds. The lowest BCUT2D eigenvalue weighted by atomic mass is 9.87. The molecular weight excluding hydrogens is 437 g/mol. The first-order valence-corrected chi connectivity index (χ1v) is 10.8. The van der Waals surface area contributed by atoms with Crippen LogP contribution in [0.15, 0.2) is 36.4 Å². The molecule has 1 aliphatic rings. The van der Waals surface area contributed by atoms with E-state index in [1.165, 1.54) is 38.1 Å². The first-order chi connectivity index (χ1) is 15.1. The average Bonchev–Trinajstić information content (AvgIpc) is 3.04. The number of carbonyl (C=O) groups is 1. The molecule has 3 nitrogen and oxygen atoms in total. The Bertz CT molecular complexity index is 1190. The normalized spacial score (nSPS) is 19.6. The second-order valence-electron chi connectivity index (χ2n) is 8.95. The summed E-state index contributed by atoms with van der Waals surface area (Å²) < 4.78 is 45.5. The van der Waals surface area contributed by atoms with Crippen molar-refractivity contribution in [3.63, 3.8) is 0 Å². The van der Waals surface area contributed by atoms with Crippen molar-refractivity contribution in [2.75, 3.05) is 6.54 Å². The number of halogens is 4. The van der Waals surface area contributed by atoms with Crippen LogP contribution in [-0.4, -0.2) is 34.4 Å². The number of H-pyrrole nitrogens is 1. The van der Waals surface area contributed by atoms with Crippen molar-refractivity contribution in [3.8, 4) is 0 Å². The third-order valence-electron chi connectivity index (χ3n) is 5.87. The van der Waals surface area contributed by atoms with Gasteiger partial charge in [0.05, 0.1) is 6.04 Å². The lowest BCUT2D eigenvalue weighted by Crippen LogP contribution is -2.48. The molecule has 1 N–H and O–H groups in total. The molecule has 3 aromatic rings. The van der Waals surface area contributed by atoms with E-state index in [9.17, 15) is 9.18 Å². The van der Waals surface area contributed by atoms with E-state index < -0.39 is 23.3 Å². The van der Waals surface area contributed by atoms with Crippen LogP contribution < -0.4 is 0 Å². The summed E-state index contributed by atoms with van der Waals surface area (Å²) in [5, 5.41) is 1.48. The Labute approximate surface area is 189 Å². The standard InChI is InChI=1S/C25H24ClF3N2O/c1-14-9-18-17-7-6-16(26)12-21(17)30-23(18)24(31(14)13-25(2,3)29)22-19(27)10-15(5-4-8-32)11-20(22)28/h4-8,10-12,14,24,30H,9,13H2,1-3H3/b5-4+. The summed E-state index contributed by atoms with van der Waals surface area (Å²) in [7, 11) is 0. The van der Waals surface area contributed by atoms with Crippen molar-refractivity contribution in [2.24, 2.45) is 0 Å². The molecule has 1 aliphatic heterocycles. The van der Waals surface area contributed by atoms with Crippen LogP contribution in [0.3, 0.4) is 0 Å². The number of rotatable bonds is 5. The van der Waals surface area contributed by atoms with Gasteiger partial charge >= 0.3 is 0 Å². The number of allylic oxidation sites excluding steroid dienone is 1. The summed E-state index contributed by atoms with van der Waals surface area (Å²) in [5.74, 6) is -1.50. The first-order valence-electron chi connectivity index (χ1n) is 10.4. The largest absolute Gasteiger partial charge is 0.357 e. The summed E-state index contributed by atoms with van der Waals surface area (Å²) in [6.45, 7) is 4.85. The first kappa shape index (κ1) is 22.6. The lowest BCUT2D eigenvalue weighted by molar-refractivity contribution is -0.104. The molecule has 0 fully saturated rings. The molecule has 168 valence electrons. The highest BCUT2D eigenvalue weighted by Crippen LogP contribution is 2.43. The van der Waals surface area contributed by atoms with E-state index in [-0.39, 0.29) is 23.7 Å². The topological polar surface area (TPSA) is 36.1 Å². The smallest absolute Gasteiger partial charge is 0.142 e. The predicted octanol–water partition coefficient (Wildman–Crippen LogP) is 6.40. The van der Waals surface area contributed by atoms with Crippen molar-refractivity contribution in [2.45, 2.75) is 44.9 Å². The number of nitrogens with zero attached hydrogens (tertiary/aromatic N) is 1. The minimum absolute atomic E-state index is 0.0000702. The number of aromatic amines is 1.